The van der Waals surface area contributed by atoms with E-state index in [9.17, 15) is 19.7 Å². The first kappa shape index (κ1) is 29.5. The minimum Gasteiger partial charge on any atom is -0.497 e. The monoisotopic (exact) mass is 621 g/mol. The van der Waals surface area contributed by atoms with Gasteiger partial charge in [-0.25, -0.2) is 9.79 Å². The first-order valence-corrected chi connectivity index (χ1v) is 14.9. The number of nitrogens with zero attached hydrogens (tertiary/aromatic N) is 3. The fraction of sp³-hybridized carbons (Fsp3) is 0.147. The highest BCUT2D eigenvalue weighted by Crippen LogP contribution is 2.36. The molecule has 0 amide bonds. The number of carbonyl (C=O) groups is 1. The fourth-order valence-electron chi connectivity index (χ4n) is 5.24. The highest BCUT2D eigenvalue weighted by atomic mass is 32.1. The minimum absolute atomic E-state index is 0.0112. The number of esters is 1. The van der Waals surface area contributed by atoms with Crippen molar-refractivity contribution in [3.8, 4) is 17.1 Å². The molecule has 1 atom stereocenters. The van der Waals surface area contributed by atoms with Crippen LogP contribution in [0.5, 0.6) is 5.75 Å². The molecular formula is C34H27N3O7S. The number of thiazole rings is 1. The van der Waals surface area contributed by atoms with Crippen LogP contribution in [0.2, 0.25) is 0 Å². The SMILES string of the molecule is CCOC(=O)C1=C(c2ccccc2)N=c2s/c(=C\c3ccc(-c4ccc(C)c([N+](=O)[O-])c4)o3)c(=O)n2[C@@H]1c1cccc(OC)c1. The number of hydrogen-bond acceptors (Lipinski definition) is 9. The summed E-state index contributed by atoms with van der Waals surface area (Å²) in [5, 5.41) is 11.5. The van der Waals surface area contributed by atoms with Crippen molar-refractivity contribution >= 4 is 34.8 Å². The largest absolute Gasteiger partial charge is 0.497 e. The van der Waals surface area contributed by atoms with Crippen LogP contribution in [0, 0.1) is 17.0 Å². The number of benzene rings is 3. The van der Waals surface area contributed by atoms with Crippen molar-refractivity contribution in [1.82, 2.24) is 4.57 Å². The molecule has 2 aromatic heterocycles. The highest BCUT2D eigenvalue weighted by molar-refractivity contribution is 7.07. The lowest BCUT2D eigenvalue weighted by molar-refractivity contribution is -0.385. The summed E-state index contributed by atoms with van der Waals surface area (Å²) in [5.74, 6) is 0.785. The lowest BCUT2D eigenvalue weighted by Gasteiger charge is -2.26. The van der Waals surface area contributed by atoms with Crippen LogP contribution in [0.4, 0.5) is 5.69 Å². The second-order valence-corrected chi connectivity index (χ2v) is 11.2. The molecule has 0 saturated carbocycles. The first-order valence-electron chi connectivity index (χ1n) is 14.1. The topological polar surface area (TPSA) is 126 Å². The molecule has 0 radical (unpaired) electrons. The number of nitro benzene ring substituents is 1. The minimum atomic E-state index is -0.854. The van der Waals surface area contributed by atoms with E-state index in [2.05, 4.69) is 0 Å². The number of nitro groups is 1. The van der Waals surface area contributed by atoms with Crippen molar-refractivity contribution in [2.24, 2.45) is 4.99 Å². The Balaban J connectivity index is 1.54. The zero-order valence-electron chi connectivity index (χ0n) is 24.6. The van der Waals surface area contributed by atoms with E-state index in [-0.39, 0.29) is 23.4 Å². The van der Waals surface area contributed by atoms with Gasteiger partial charge >= 0.3 is 5.97 Å². The van der Waals surface area contributed by atoms with Crippen LogP contribution in [-0.4, -0.2) is 29.2 Å². The third kappa shape index (κ3) is 5.61. The van der Waals surface area contributed by atoms with E-state index in [1.807, 2.05) is 36.4 Å². The van der Waals surface area contributed by atoms with E-state index < -0.39 is 16.9 Å². The maximum absolute atomic E-state index is 14.1. The molecule has 1 aliphatic rings. The van der Waals surface area contributed by atoms with Gasteiger partial charge in [0, 0.05) is 28.8 Å². The zero-order chi connectivity index (χ0) is 31.7. The van der Waals surface area contributed by atoms with Crippen LogP contribution in [-0.2, 0) is 9.53 Å². The van der Waals surface area contributed by atoms with Crippen LogP contribution in [0.15, 0.2) is 105 Å². The summed E-state index contributed by atoms with van der Waals surface area (Å²) in [6.45, 7) is 3.54. The normalized spacial score (nSPS) is 14.6. The zero-order valence-corrected chi connectivity index (χ0v) is 25.4. The molecule has 0 saturated heterocycles. The number of furan rings is 1. The molecule has 6 rings (SSSR count). The van der Waals surface area contributed by atoms with Crippen molar-refractivity contribution in [3.63, 3.8) is 0 Å². The van der Waals surface area contributed by atoms with Gasteiger partial charge in [0.05, 0.1) is 40.5 Å². The number of ether oxygens (including phenoxy) is 2. The molecule has 0 bridgehead atoms. The van der Waals surface area contributed by atoms with E-state index >= 15 is 0 Å². The lowest BCUT2D eigenvalue weighted by Crippen LogP contribution is -2.40. The molecule has 1 aliphatic heterocycles. The van der Waals surface area contributed by atoms with Gasteiger partial charge in [0.1, 0.15) is 17.3 Å². The number of methoxy groups -OCH3 is 1. The Morgan fingerprint density at radius 3 is 2.60 bits per heavy atom. The van der Waals surface area contributed by atoms with Crippen molar-refractivity contribution in [1.29, 1.82) is 0 Å². The summed E-state index contributed by atoms with van der Waals surface area (Å²) >= 11 is 1.17. The lowest BCUT2D eigenvalue weighted by atomic mass is 9.93. The molecule has 0 unspecified atom stereocenters. The molecule has 5 aromatic rings. The molecule has 0 aliphatic carbocycles. The van der Waals surface area contributed by atoms with E-state index in [1.54, 1.807) is 69.5 Å². The van der Waals surface area contributed by atoms with Crippen LogP contribution in [0.3, 0.4) is 0 Å². The quantitative estimate of drug-likeness (QED) is 0.129. The van der Waals surface area contributed by atoms with Gasteiger partial charge in [0.15, 0.2) is 4.80 Å². The summed E-state index contributed by atoms with van der Waals surface area (Å²) in [6.07, 6.45) is 1.61. The predicted molar refractivity (Wildman–Crippen MR) is 170 cm³/mol. The fourth-order valence-corrected chi connectivity index (χ4v) is 6.22. The van der Waals surface area contributed by atoms with Gasteiger partial charge in [-0.3, -0.25) is 19.5 Å². The van der Waals surface area contributed by atoms with Gasteiger partial charge in [0.2, 0.25) is 0 Å². The summed E-state index contributed by atoms with van der Waals surface area (Å²) < 4.78 is 18.8. The van der Waals surface area contributed by atoms with E-state index in [0.717, 1.165) is 0 Å². The standard InChI is InChI=1S/C34H27N3O7S/c1-4-43-33(39)29-30(21-9-6-5-7-10-21)35-34-36(31(29)23-11-8-12-24(17-23)42-3)32(38)28(45-34)19-25-15-16-27(44-25)22-14-13-20(2)26(18-22)37(40)41/h5-19,31H,4H2,1-3H3/b28-19-/t31-/m1/s1. The third-order valence-corrected chi connectivity index (χ3v) is 8.36. The number of carbonyl (C=O) groups excluding carboxylic acids is 1. The molecule has 11 heteroatoms. The van der Waals surface area contributed by atoms with E-state index in [1.165, 1.54) is 22.0 Å². The molecule has 45 heavy (non-hydrogen) atoms. The molecule has 0 N–H and O–H groups in total. The average Bonchev–Trinajstić information content (AvgIpc) is 3.64. The summed E-state index contributed by atoms with van der Waals surface area (Å²) in [5.41, 5.74) is 2.70. The van der Waals surface area contributed by atoms with Gasteiger partial charge in [-0.2, -0.15) is 0 Å². The molecule has 0 spiro atoms. The molecule has 0 fully saturated rings. The second kappa shape index (κ2) is 12.2. The molecule has 226 valence electrons. The molecule has 10 nitrogen and oxygen atoms in total. The molecular weight excluding hydrogens is 594 g/mol. The highest BCUT2D eigenvalue weighted by Gasteiger charge is 2.35. The Hall–Kier alpha value is -5.55. The number of aromatic nitrogens is 1. The van der Waals surface area contributed by atoms with Crippen LogP contribution in [0.25, 0.3) is 23.1 Å². The summed E-state index contributed by atoms with van der Waals surface area (Å²) in [7, 11) is 1.55. The molecule has 3 heterocycles. The van der Waals surface area contributed by atoms with Gasteiger partial charge in [0.25, 0.3) is 11.2 Å². The predicted octanol–water partition coefficient (Wildman–Crippen LogP) is 5.42. The van der Waals surface area contributed by atoms with Crippen molar-refractivity contribution in [2.45, 2.75) is 19.9 Å². The Kier molecular flexibility index (Phi) is 8.01. The smallest absolute Gasteiger partial charge is 0.338 e. The Bertz CT molecular complexity index is 2160. The van der Waals surface area contributed by atoms with Gasteiger partial charge in [-0.15, -0.1) is 0 Å². The Morgan fingerprint density at radius 1 is 1.07 bits per heavy atom. The Labute approximate surface area is 261 Å². The maximum Gasteiger partial charge on any atom is 0.338 e. The number of rotatable bonds is 8. The Morgan fingerprint density at radius 2 is 1.87 bits per heavy atom. The number of fused-ring (bicyclic) bond motifs is 1. The second-order valence-electron chi connectivity index (χ2n) is 10.2. The van der Waals surface area contributed by atoms with Crippen molar-refractivity contribution in [3.05, 3.63) is 143 Å². The van der Waals surface area contributed by atoms with E-state index in [0.29, 0.717) is 54.6 Å². The van der Waals surface area contributed by atoms with Crippen LogP contribution in [0.1, 0.15) is 35.4 Å². The number of hydrogen-bond donors (Lipinski definition) is 0. The third-order valence-electron chi connectivity index (χ3n) is 7.37. The first-order chi connectivity index (χ1) is 21.8. The van der Waals surface area contributed by atoms with Crippen molar-refractivity contribution < 1.29 is 23.6 Å². The van der Waals surface area contributed by atoms with Gasteiger partial charge in [-0.05, 0) is 43.7 Å². The van der Waals surface area contributed by atoms with E-state index in [4.69, 9.17) is 18.9 Å². The van der Waals surface area contributed by atoms with Crippen molar-refractivity contribution in [2.75, 3.05) is 13.7 Å². The van der Waals surface area contributed by atoms with Crippen LogP contribution < -0.4 is 19.6 Å². The van der Waals surface area contributed by atoms with Crippen LogP contribution >= 0.6 is 11.3 Å². The average molecular weight is 622 g/mol. The summed E-state index contributed by atoms with van der Waals surface area (Å²) in [4.78, 5) is 44.0. The number of aryl methyl sites for hydroxylation is 1. The maximum atomic E-state index is 14.1. The molecule has 3 aromatic carbocycles. The van der Waals surface area contributed by atoms with Gasteiger partial charge in [-0.1, -0.05) is 65.9 Å². The van der Waals surface area contributed by atoms with Gasteiger partial charge < -0.3 is 13.9 Å². The summed E-state index contributed by atoms with van der Waals surface area (Å²) in [6, 6.07) is 23.9.